The summed E-state index contributed by atoms with van der Waals surface area (Å²) in [6, 6.07) is 3.48. The molecule has 0 saturated carbocycles. The Morgan fingerprint density at radius 1 is 1.48 bits per heavy atom. The Morgan fingerprint density at radius 3 is 2.62 bits per heavy atom. The lowest BCUT2D eigenvalue weighted by molar-refractivity contribution is 0.374. The van der Waals surface area contributed by atoms with E-state index in [1.165, 1.54) is 0 Å². The Kier molecular flexibility index (Phi) is 4.17. The Labute approximate surface area is 130 Å². The number of nitrogens with zero attached hydrogens (tertiary/aromatic N) is 1. The lowest BCUT2D eigenvalue weighted by Gasteiger charge is -2.48. The van der Waals surface area contributed by atoms with Gasteiger partial charge in [-0.2, -0.15) is 8.42 Å². The van der Waals surface area contributed by atoms with Gasteiger partial charge in [0, 0.05) is 11.2 Å². The number of nitrogens with two attached hydrogens (primary N) is 1. The van der Waals surface area contributed by atoms with Crippen molar-refractivity contribution in [2.24, 2.45) is 0 Å². The number of hydrogen-bond acceptors (Lipinski definition) is 4. The summed E-state index contributed by atoms with van der Waals surface area (Å²) in [5.74, 6) is 0. The van der Waals surface area contributed by atoms with Gasteiger partial charge in [0.15, 0.2) is 5.37 Å². The molecule has 0 spiro atoms. The second-order valence-corrected chi connectivity index (χ2v) is 8.04. The third-order valence-electron chi connectivity index (χ3n) is 4.10. The first-order valence-electron chi connectivity index (χ1n) is 6.91. The third-order valence-corrected chi connectivity index (χ3v) is 5.66. The zero-order valence-corrected chi connectivity index (χ0v) is 14.0. The molecule has 5 nitrogen and oxygen atoms in total. The minimum Gasteiger partial charge on any atom is -0.398 e. The largest absolute Gasteiger partial charge is 0.398 e. The first kappa shape index (κ1) is 16.4. The maximum Gasteiger partial charge on any atom is 0.286 e. The molecule has 1 aromatic rings. The van der Waals surface area contributed by atoms with E-state index in [9.17, 15) is 13.0 Å². The number of rotatable bonds is 3. The van der Waals surface area contributed by atoms with Crippen molar-refractivity contribution in [2.75, 3.05) is 10.6 Å². The van der Waals surface area contributed by atoms with E-state index in [2.05, 4.69) is 0 Å². The highest BCUT2D eigenvalue weighted by molar-refractivity contribution is 7.86. The molecule has 0 fully saturated rings. The average Bonchev–Trinajstić information content (AvgIpc) is 2.34. The number of benzene rings is 1. The van der Waals surface area contributed by atoms with E-state index < -0.39 is 21.0 Å². The van der Waals surface area contributed by atoms with Crippen LogP contribution in [0.2, 0.25) is 5.02 Å². The highest BCUT2D eigenvalue weighted by Gasteiger charge is 2.41. The quantitative estimate of drug-likeness (QED) is 0.656. The molecule has 1 unspecified atom stereocenters. The minimum atomic E-state index is -4.20. The average molecular weight is 333 g/mol. The Morgan fingerprint density at radius 2 is 2.10 bits per heavy atom. The van der Waals surface area contributed by atoms with Crippen LogP contribution in [0.15, 0.2) is 12.1 Å². The van der Waals surface area contributed by atoms with Crippen LogP contribution >= 0.6 is 11.6 Å². The standard InChI is InChI=1S/C14H21ClN2O3S/c1-4-13(21(18,19)20)17-12-8-10(15)11(16)7-9(12)5-6-14(17,2)3/h7-8,13H,4-6,16H2,1-3H3,(H,18,19,20). The van der Waals surface area contributed by atoms with Gasteiger partial charge in [-0.05, 0) is 50.8 Å². The summed E-state index contributed by atoms with van der Waals surface area (Å²) < 4.78 is 33.1. The molecule has 1 heterocycles. The molecule has 0 amide bonds. The number of nitrogen functional groups attached to an aromatic ring is 1. The van der Waals surface area contributed by atoms with Crippen LogP contribution in [0.3, 0.4) is 0 Å². The molecule has 0 saturated heterocycles. The van der Waals surface area contributed by atoms with E-state index in [-0.39, 0.29) is 6.42 Å². The Hall–Kier alpha value is -0.980. The van der Waals surface area contributed by atoms with Crippen LogP contribution in [-0.2, 0) is 16.5 Å². The second kappa shape index (κ2) is 5.34. The Bertz CT molecular complexity index is 658. The van der Waals surface area contributed by atoms with Gasteiger partial charge in [0.1, 0.15) is 0 Å². The molecule has 118 valence electrons. The third kappa shape index (κ3) is 2.98. The molecule has 3 N–H and O–H groups in total. The van der Waals surface area contributed by atoms with Gasteiger partial charge in [-0.1, -0.05) is 18.5 Å². The maximum atomic E-state index is 11.8. The zero-order chi connectivity index (χ0) is 16.0. The fraction of sp³-hybridized carbons (Fsp3) is 0.571. The van der Waals surface area contributed by atoms with Gasteiger partial charge in [-0.25, -0.2) is 0 Å². The Balaban J connectivity index is 2.66. The van der Waals surface area contributed by atoms with E-state index in [1.54, 1.807) is 24.0 Å². The summed E-state index contributed by atoms with van der Waals surface area (Å²) in [6.45, 7) is 5.67. The first-order chi connectivity index (χ1) is 9.58. The number of fused-ring (bicyclic) bond motifs is 1. The van der Waals surface area contributed by atoms with Crippen molar-refractivity contribution in [2.45, 2.75) is 50.9 Å². The van der Waals surface area contributed by atoms with Crippen molar-refractivity contribution in [1.29, 1.82) is 0 Å². The van der Waals surface area contributed by atoms with Crippen LogP contribution in [-0.4, -0.2) is 23.9 Å². The molecular formula is C14H21ClN2O3S. The summed E-state index contributed by atoms with van der Waals surface area (Å²) in [5, 5.41) is -0.604. The fourth-order valence-electron chi connectivity index (χ4n) is 3.01. The summed E-state index contributed by atoms with van der Waals surface area (Å²) in [7, 11) is -4.20. The van der Waals surface area contributed by atoms with Crippen LogP contribution in [0.4, 0.5) is 11.4 Å². The van der Waals surface area contributed by atoms with Crippen LogP contribution in [0.5, 0.6) is 0 Å². The van der Waals surface area contributed by atoms with Gasteiger partial charge >= 0.3 is 0 Å². The summed E-state index contributed by atoms with van der Waals surface area (Å²) in [4.78, 5) is 1.76. The van der Waals surface area contributed by atoms with E-state index in [0.29, 0.717) is 10.7 Å². The summed E-state index contributed by atoms with van der Waals surface area (Å²) in [5.41, 5.74) is 7.60. The minimum absolute atomic E-state index is 0.281. The highest BCUT2D eigenvalue weighted by atomic mass is 35.5. The van der Waals surface area contributed by atoms with Crippen molar-refractivity contribution in [1.82, 2.24) is 0 Å². The van der Waals surface area contributed by atoms with Crippen LogP contribution in [0.25, 0.3) is 0 Å². The molecule has 1 aromatic carbocycles. The van der Waals surface area contributed by atoms with Gasteiger partial charge in [-0.15, -0.1) is 0 Å². The molecule has 7 heteroatoms. The maximum absolute atomic E-state index is 11.8. The van der Waals surface area contributed by atoms with Crippen molar-refractivity contribution in [3.05, 3.63) is 22.7 Å². The number of aryl methyl sites for hydroxylation is 1. The first-order valence-corrected chi connectivity index (χ1v) is 8.79. The number of hydrogen-bond donors (Lipinski definition) is 2. The normalized spacial score (nSPS) is 19.2. The number of halogens is 1. The fourth-order valence-corrected chi connectivity index (χ4v) is 4.25. The molecule has 0 radical (unpaired) electrons. The molecule has 2 rings (SSSR count). The topological polar surface area (TPSA) is 83.6 Å². The molecule has 0 aromatic heterocycles. The SMILES string of the molecule is CCC(N1c2cc(Cl)c(N)cc2CCC1(C)C)S(=O)(=O)O. The molecular weight excluding hydrogens is 312 g/mol. The molecule has 1 aliphatic heterocycles. The smallest absolute Gasteiger partial charge is 0.286 e. The van der Waals surface area contributed by atoms with Crippen LogP contribution < -0.4 is 10.6 Å². The lowest BCUT2D eigenvalue weighted by Crippen LogP contribution is -2.55. The van der Waals surface area contributed by atoms with Crippen LogP contribution in [0, 0.1) is 0 Å². The lowest BCUT2D eigenvalue weighted by atomic mass is 9.86. The highest BCUT2D eigenvalue weighted by Crippen LogP contribution is 2.42. The zero-order valence-electron chi connectivity index (χ0n) is 12.4. The van der Waals surface area contributed by atoms with E-state index in [0.717, 1.165) is 24.1 Å². The predicted molar refractivity (Wildman–Crippen MR) is 86.4 cm³/mol. The molecule has 1 aliphatic rings. The van der Waals surface area contributed by atoms with Gasteiger partial charge in [0.25, 0.3) is 10.1 Å². The van der Waals surface area contributed by atoms with E-state index in [4.69, 9.17) is 17.3 Å². The van der Waals surface area contributed by atoms with Gasteiger partial charge < -0.3 is 10.6 Å². The van der Waals surface area contributed by atoms with Gasteiger partial charge in [0.05, 0.1) is 10.7 Å². The summed E-state index contributed by atoms with van der Waals surface area (Å²) in [6.07, 6.45) is 1.85. The molecule has 0 aliphatic carbocycles. The van der Waals surface area contributed by atoms with Crippen molar-refractivity contribution < 1.29 is 13.0 Å². The van der Waals surface area contributed by atoms with Crippen molar-refractivity contribution in [3.63, 3.8) is 0 Å². The van der Waals surface area contributed by atoms with Crippen molar-refractivity contribution >= 4 is 33.1 Å². The predicted octanol–water partition coefficient (Wildman–Crippen LogP) is 3.08. The summed E-state index contributed by atoms with van der Waals surface area (Å²) >= 11 is 6.10. The van der Waals surface area contributed by atoms with Crippen molar-refractivity contribution in [3.8, 4) is 0 Å². The van der Waals surface area contributed by atoms with E-state index >= 15 is 0 Å². The monoisotopic (exact) mass is 332 g/mol. The van der Waals surface area contributed by atoms with E-state index in [1.807, 2.05) is 13.8 Å². The molecule has 21 heavy (non-hydrogen) atoms. The molecule has 0 bridgehead atoms. The molecule has 1 atom stereocenters. The second-order valence-electron chi connectivity index (χ2n) is 6.06. The number of anilines is 2. The van der Waals surface area contributed by atoms with Crippen LogP contribution in [0.1, 0.15) is 39.2 Å². The van der Waals surface area contributed by atoms with Gasteiger partial charge in [-0.3, -0.25) is 4.55 Å². The van der Waals surface area contributed by atoms with Gasteiger partial charge in [0.2, 0.25) is 0 Å².